The lowest BCUT2D eigenvalue weighted by Crippen LogP contribution is -2.20. The monoisotopic (exact) mass is 394 g/mol. The first kappa shape index (κ1) is 19.8. The zero-order chi connectivity index (χ0) is 19.9. The molecule has 3 aromatic rings. The number of benzene rings is 3. The molecule has 0 heterocycles. The van der Waals surface area contributed by atoms with Crippen molar-refractivity contribution in [2.24, 2.45) is 0 Å². The second kappa shape index (κ2) is 9.29. The van der Waals surface area contributed by atoms with Crippen LogP contribution >= 0.6 is 11.6 Å². The molecule has 4 nitrogen and oxygen atoms in total. The van der Waals surface area contributed by atoms with Crippen LogP contribution in [0.3, 0.4) is 0 Å². The average Bonchev–Trinajstić information content (AvgIpc) is 2.68. The van der Waals surface area contributed by atoms with E-state index in [1.807, 2.05) is 80.6 Å². The summed E-state index contributed by atoms with van der Waals surface area (Å²) in [6.07, 6.45) is 0. The summed E-state index contributed by atoms with van der Waals surface area (Å²) in [5.74, 6) is 0.463. The zero-order valence-corrected chi connectivity index (χ0v) is 16.7. The Bertz CT molecular complexity index is 972. The Kier molecular flexibility index (Phi) is 6.56. The van der Waals surface area contributed by atoms with Crippen LogP contribution in [-0.4, -0.2) is 12.5 Å². The van der Waals surface area contributed by atoms with Crippen LogP contribution in [0.5, 0.6) is 5.75 Å². The second-order valence-electron chi connectivity index (χ2n) is 6.62. The van der Waals surface area contributed by atoms with Crippen molar-refractivity contribution in [2.45, 2.75) is 20.4 Å². The van der Waals surface area contributed by atoms with Crippen LogP contribution < -0.4 is 15.4 Å². The first-order valence-electron chi connectivity index (χ1n) is 9.08. The van der Waals surface area contributed by atoms with Crippen LogP contribution in [0.1, 0.15) is 16.7 Å². The number of ether oxygens (including phenoxy) is 1. The Labute approximate surface area is 170 Å². The Hall–Kier alpha value is -2.98. The fraction of sp³-hybridized carbons (Fsp3) is 0.174. The SMILES string of the molecule is Cc1cccc(NC(=O)COc2cccc(CNc3cccc(Cl)c3C)c2)c1. The maximum Gasteiger partial charge on any atom is 0.262 e. The van der Waals surface area contributed by atoms with Crippen molar-refractivity contribution in [2.75, 3.05) is 17.2 Å². The molecule has 144 valence electrons. The maximum absolute atomic E-state index is 12.1. The third-order valence-electron chi connectivity index (χ3n) is 4.32. The largest absolute Gasteiger partial charge is 0.484 e. The van der Waals surface area contributed by atoms with Crippen molar-refractivity contribution in [3.63, 3.8) is 0 Å². The molecule has 1 amide bonds. The summed E-state index contributed by atoms with van der Waals surface area (Å²) in [4.78, 5) is 12.1. The number of hydrogen-bond donors (Lipinski definition) is 2. The normalized spacial score (nSPS) is 10.4. The molecule has 0 saturated heterocycles. The molecule has 0 bridgehead atoms. The van der Waals surface area contributed by atoms with Crippen LogP contribution in [0.15, 0.2) is 66.7 Å². The van der Waals surface area contributed by atoms with Crippen molar-refractivity contribution >= 4 is 28.9 Å². The highest BCUT2D eigenvalue weighted by atomic mass is 35.5. The third kappa shape index (κ3) is 5.51. The second-order valence-corrected chi connectivity index (χ2v) is 7.03. The number of carbonyl (C=O) groups excluding carboxylic acids is 1. The number of anilines is 2. The first-order valence-corrected chi connectivity index (χ1v) is 9.46. The molecule has 0 aromatic heterocycles. The van der Waals surface area contributed by atoms with E-state index in [1.165, 1.54) is 0 Å². The van der Waals surface area contributed by atoms with Crippen LogP contribution in [0.2, 0.25) is 5.02 Å². The number of nitrogens with one attached hydrogen (secondary N) is 2. The van der Waals surface area contributed by atoms with Crippen LogP contribution in [-0.2, 0) is 11.3 Å². The molecule has 0 saturated carbocycles. The zero-order valence-electron chi connectivity index (χ0n) is 16.0. The number of rotatable bonds is 7. The van der Waals surface area contributed by atoms with Gasteiger partial charge in [-0.2, -0.15) is 0 Å². The summed E-state index contributed by atoms with van der Waals surface area (Å²) < 4.78 is 5.64. The van der Waals surface area contributed by atoms with Crippen molar-refractivity contribution in [3.8, 4) is 5.75 Å². The van der Waals surface area contributed by atoms with E-state index in [0.717, 1.165) is 33.1 Å². The van der Waals surface area contributed by atoms with Gasteiger partial charge in [-0.15, -0.1) is 0 Å². The minimum absolute atomic E-state index is 0.0434. The predicted octanol–water partition coefficient (Wildman–Crippen LogP) is 5.59. The molecule has 0 spiro atoms. The molecule has 28 heavy (non-hydrogen) atoms. The molecule has 3 rings (SSSR count). The molecule has 2 N–H and O–H groups in total. The number of aryl methyl sites for hydroxylation is 1. The standard InChI is InChI=1S/C23H23ClN2O2/c1-16-6-3-8-19(12-16)26-23(27)15-28-20-9-4-7-18(13-20)14-25-22-11-5-10-21(24)17(22)2/h3-13,25H,14-15H2,1-2H3,(H,26,27). The van der Waals surface area contributed by atoms with Crippen molar-refractivity contribution in [3.05, 3.63) is 88.4 Å². The summed E-state index contributed by atoms with van der Waals surface area (Å²) in [5.41, 5.74) is 4.93. The van der Waals surface area contributed by atoms with Crippen LogP contribution in [0, 0.1) is 13.8 Å². The Balaban J connectivity index is 1.54. The Morgan fingerprint density at radius 2 is 1.79 bits per heavy atom. The molecule has 0 atom stereocenters. The van der Waals surface area contributed by atoms with Gasteiger partial charge in [0, 0.05) is 22.9 Å². The number of amides is 1. The highest BCUT2D eigenvalue weighted by Gasteiger charge is 2.06. The van der Waals surface area contributed by atoms with Crippen LogP contribution in [0.4, 0.5) is 11.4 Å². The quantitative estimate of drug-likeness (QED) is 0.549. The minimum Gasteiger partial charge on any atom is -0.484 e. The fourth-order valence-electron chi connectivity index (χ4n) is 2.81. The summed E-state index contributed by atoms with van der Waals surface area (Å²) in [6, 6.07) is 21.1. The van der Waals surface area contributed by atoms with E-state index in [4.69, 9.17) is 16.3 Å². The third-order valence-corrected chi connectivity index (χ3v) is 4.73. The highest BCUT2D eigenvalue weighted by Crippen LogP contribution is 2.24. The molecule has 0 aliphatic rings. The predicted molar refractivity (Wildman–Crippen MR) is 115 cm³/mol. The number of halogens is 1. The molecule has 0 fully saturated rings. The van der Waals surface area contributed by atoms with E-state index in [9.17, 15) is 4.79 Å². The summed E-state index contributed by atoms with van der Waals surface area (Å²) >= 11 is 6.16. The van der Waals surface area contributed by atoms with Gasteiger partial charge in [-0.05, 0) is 66.9 Å². The van der Waals surface area contributed by atoms with Gasteiger partial charge in [-0.3, -0.25) is 4.79 Å². The van der Waals surface area contributed by atoms with Crippen molar-refractivity contribution in [1.29, 1.82) is 0 Å². The van der Waals surface area contributed by atoms with Crippen molar-refractivity contribution in [1.82, 2.24) is 0 Å². The smallest absolute Gasteiger partial charge is 0.262 e. The van der Waals surface area contributed by atoms with Gasteiger partial charge in [-0.25, -0.2) is 0 Å². The van der Waals surface area contributed by atoms with Gasteiger partial charge < -0.3 is 15.4 Å². The lowest BCUT2D eigenvalue weighted by molar-refractivity contribution is -0.118. The summed E-state index contributed by atoms with van der Waals surface area (Å²) in [7, 11) is 0. The molecular formula is C23H23ClN2O2. The molecule has 3 aromatic carbocycles. The van der Waals surface area contributed by atoms with Gasteiger partial charge in [0.1, 0.15) is 5.75 Å². The van der Waals surface area contributed by atoms with E-state index in [1.54, 1.807) is 0 Å². The maximum atomic E-state index is 12.1. The molecule has 0 aliphatic heterocycles. The van der Waals surface area contributed by atoms with Gasteiger partial charge in [0.15, 0.2) is 6.61 Å². The molecule has 0 unspecified atom stereocenters. The first-order chi connectivity index (χ1) is 13.5. The molecule has 0 radical (unpaired) electrons. The molecule has 5 heteroatoms. The van der Waals surface area contributed by atoms with Gasteiger partial charge in [0.25, 0.3) is 5.91 Å². The average molecular weight is 395 g/mol. The number of carbonyl (C=O) groups is 1. The van der Waals surface area contributed by atoms with E-state index in [2.05, 4.69) is 10.6 Å². The van der Waals surface area contributed by atoms with Gasteiger partial charge in [0.2, 0.25) is 0 Å². The Morgan fingerprint density at radius 1 is 1.00 bits per heavy atom. The van der Waals surface area contributed by atoms with E-state index >= 15 is 0 Å². The van der Waals surface area contributed by atoms with E-state index in [-0.39, 0.29) is 12.5 Å². The van der Waals surface area contributed by atoms with Crippen molar-refractivity contribution < 1.29 is 9.53 Å². The lowest BCUT2D eigenvalue weighted by Gasteiger charge is -2.12. The van der Waals surface area contributed by atoms with E-state index in [0.29, 0.717) is 12.3 Å². The Morgan fingerprint density at radius 3 is 2.61 bits per heavy atom. The number of hydrogen-bond acceptors (Lipinski definition) is 3. The lowest BCUT2D eigenvalue weighted by atomic mass is 10.1. The van der Waals surface area contributed by atoms with Crippen LogP contribution in [0.25, 0.3) is 0 Å². The molecule has 0 aliphatic carbocycles. The summed E-state index contributed by atoms with van der Waals surface area (Å²) in [6.45, 7) is 4.56. The van der Waals surface area contributed by atoms with Gasteiger partial charge in [0.05, 0.1) is 0 Å². The van der Waals surface area contributed by atoms with E-state index < -0.39 is 0 Å². The summed E-state index contributed by atoms with van der Waals surface area (Å²) in [5, 5.41) is 6.96. The topological polar surface area (TPSA) is 50.4 Å². The van der Waals surface area contributed by atoms with Gasteiger partial charge >= 0.3 is 0 Å². The molecular weight excluding hydrogens is 372 g/mol. The minimum atomic E-state index is -0.191. The highest BCUT2D eigenvalue weighted by molar-refractivity contribution is 6.31. The fourth-order valence-corrected chi connectivity index (χ4v) is 2.98. The van der Waals surface area contributed by atoms with Gasteiger partial charge in [-0.1, -0.05) is 41.9 Å².